The molecule has 0 aliphatic carbocycles. The van der Waals surface area contributed by atoms with Crippen molar-refractivity contribution in [2.24, 2.45) is 5.92 Å². The molecule has 4 heteroatoms. The first-order chi connectivity index (χ1) is 7.77. The zero-order valence-corrected chi connectivity index (χ0v) is 9.38. The SMILES string of the molecule is CC(C)C1Nc2cccnc2-n2cncc21. The number of fused-ring (bicyclic) bond motifs is 3. The van der Waals surface area contributed by atoms with Crippen LogP contribution in [-0.4, -0.2) is 14.5 Å². The molecule has 0 bridgehead atoms. The Hall–Kier alpha value is -1.84. The van der Waals surface area contributed by atoms with Gasteiger partial charge in [-0.3, -0.25) is 4.57 Å². The molecule has 3 rings (SSSR count). The quantitative estimate of drug-likeness (QED) is 0.792. The van der Waals surface area contributed by atoms with Crippen LogP contribution in [0.25, 0.3) is 5.82 Å². The van der Waals surface area contributed by atoms with Gasteiger partial charge < -0.3 is 5.32 Å². The van der Waals surface area contributed by atoms with Crippen LogP contribution in [-0.2, 0) is 0 Å². The normalized spacial score (nSPS) is 17.8. The fourth-order valence-electron chi connectivity index (χ4n) is 2.16. The fraction of sp³-hybridized carbons (Fsp3) is 0.333. The number of anilines is 1. The first kappa shape index (κ1) is 9.39. The molecule has 0 amide bonds. The maximum atomic E-state index is 4.39. The van der Waals surface area contributed by atoms with Gasteiger partial charge in [-0.1, -0.05) is 13.8 Å². The standard InChI is InChI=1S/C12H14N4/c1-8(2)11-10-6-13-7-16(10)12-9(15-11)4-3-5-14-12/h3-8,11,15H,1-2H3. The summed E-state index contributed by atoms with van der Waals surface area (Å²) in [6.45, 7) is 4.41. The van der Waals surface area contributed by atoms with Crippen LogP contribution in [0, 0.1) is 5.92 Å². The summed E-state index contributed by atoms with van der Waals surface area (Å²) in [6.07, 6.45) is 5.55. The van der Waals surface area contributed by atoms with Gasteiger partial charge in [-0.15, -0.1) is 0 Å². The minimum Gasteiger partial charge on any atom is -0.373 e. The first-order valence-electron chi connectivity index (χ1n) is 5.51. The van der Waals surface area contributed by atoms with Crippen molar-refractivity contribution >= 4 is 5.69 Å². The number of nitrogens with one attached hydrogen (secondary N) is 1. The highest BCUT2D eigenvalue weighted by Crippen LogP contribution is 2.34. The van der Waals surface area contributed by atoms with Crippen LogP contribution in [0.1, 0.15) is 25.6 Å². The van der Waals surface area contributed by atoms with E-state index in [1.165, 1.54) is 5.69 Å². The van der Waals surface area contributed by atoms with Gasteiger partial charge in [-0.05, 0) is 18.1 Å². The summed E-state index contributed by atoms with van der Waals surface area (Å²) in [4.78, 5) is 8.61. The molecule has 0 radical (unpaired) electrons. The van der Waals surface area contributed by atoms with Crippen molar-refractivity contribution < 1.29 is 0 Å². The van der Waals surface area contributed by atoms with Crippen molar-refractivity contribution in [3.63, 3.8) is 0 Å². The lowest BCUT2D eigenvalue weighted by Gasteiger charge is -2.30. The third-order valence-electron chi connectivity index (χ3n) is 2.98. The van der Waals surface area contributed by atoms with E-state index in [4.69, 9.17) is 0 Å². The van der Waals surface area contributed by atoms with Crippen LogP contribution in [0.15, 0.2) is 30.9 Å². The van der Waals surface area contributed by atoms with Gasteiger partial charge in [0.05, 0.1) is 23.6 Å². The molecule has 0 aromatic carbocycles. The minimum atomic E-state index is 0.305. The van der Waals surface area contributed by atoms with Crippen LogP contribution in [0.3, 0.4) is 0 Å². The molecule has 0 fully saturated rings. The molecule has 1 N–H and O–H groups in total. The smallest absolute Gasteiger partial charge is 0.161 e. The van der Waals surface area contributed by atoms with Gasteiger partial charge in [0, 0.05) is 6.20 Å². The van der Waals surface area contributed by atoms with Gasteiger partial charge in [-0.2, -0.15) is 0 Å². The van der Waals surface area contributed by atoms with Gasteiger partial charge in [0.25, 0.3) is 0 Å². The Bertz CT molecular complexity index is 515. The predicted octanol–water partition coefficient (Wildman–Crippen LogP) is 2.39. The number of aromatic nitrogens is 3. The van der Waals surface area contributed by atoms with Crippen molar-refractivity contribution in [1.29, 1.82) is 0 Å². The Morgan fingerprint density at radius 1 is 1.44 bits per heavy atom. The predicted molar refractivity (Wildman–Crippen MR) is 62.6 cm³/mol. The topological polar surface area (TPSA) is 42.7 Å². The summed E-state index contributed by atoms with van der Waals surface area (Å²) < 4.78 is 2.07. The molecule has 0 saturated heterocycles. The number of rotatable bonds is 1. The largest absolute Gasteiger partial charge is 0.373 e. The Morgan fingerprint density at radius 2 is 2.31 bits per heavy atom. The summed E-state index contributed by atoms with van der Waals surface area (Å²) in [6, 6.07) is 4.31. The molecule has 4 nitrogen and oxygen atoms in total. The van der Waals surface area contributed by atoms with Gasteiger partial charge in [0.2, 0.25) is 0 Å². The van der Waals surface area contributed by atoms with Gasteiger partial charge in [0.15, 0.2) is 5.82 Å². The molecule has 1 unspecified atom stereocenters. The van der Waals surface area contributed by atoms with Crippen LogP contribution < -0.4 is 5.32 Å². The number of hydrogen-bond acceptors (Lipinski definition) is 3. The molecule has 82 valence electrons. The molecule has 16 heavy (non-hydrogen) atoms. The van der Waals surface area contributed by atoms with Crippen molar-refractivity contribution in [2.45, 2.75) is 19.9 Å². The third-order valence-corrected chi connectivity index (χ3v) is 2.98. The summed E-state index contributed by atoms with van der Waals surface area (Å²) in [5.41, 5.74) is 2.26. The maximum absolute atomic E-state index is 4.39. The maximum Gasteiger partial charge on any atom is 0.161 e. The molecule has 1 atom stereocenters. The molecule has 2 aromatic rings. The molecule has 2 aromatic heterocycles. The zero-order chi connectivity index (χ0) is 11.1. The summed E-state index contributed by atoms with van der Waals surface area (Å²) >= 11 is 0. The van der Waals surface area contributed by atoms with Gasteiger partial charge in [-0.25, -0.2) is 9.97 Å². The highest BCUT2D eigenvalue weighted by atomic mass is 15.2. The van der Waals surface area contributed by atoms with E-state index >= 15 is 0 Å². The lowest BCUT2D eigenvalue weighted by molar-refractivity contribution is 0.518. The van der Waals surface area contributed by atoms with E-state index in [9.17, 15) is 0 Å². The zero-order valence-electron chi connectivity index (χ0n) is 9.38. The molecular formula is C12H14N4. The monoisotopic (exact) mass is 214 g/mol. The second-order valence-electron chi connectivity index (χ2n) is 4.43. The van der Waals surface area contributed by atoms with Crippen LogP contribution in [0.5, 0.6) is 0 Å². The number of imidazole rings is 1. The second-order valence-corrected chi connectivity index (χ2v) is 4.43. The lowest BCUT2D eigenvalue weighted by Crippen LogP contribution is -2.25. The average Bonchev–Trinajstić information content (AvgIpc) is 2.76. The van der Waals surface area contributed by atoms with E-state index in [1.54, 1.807) is 6.20 Å². The minimum absolute atomic E-state index is 0.305. The molecular weight excluding hydrogens is 200 g/mol. The summed E-state index contributed by atoms with van der Waals surface area (Å²) in [7, 11) is 0. The van der Waals surface area contributed by atoms with Crippen molar-refractivity contribution in [2.75, 3.05) is 5.32 Å². The van der Waals surface area contributed by atoms with E-state index in [1.807, 2.05) is 18.6 Å². The molecule has 1 aliphatic rings. The van der Waals surface area contributed by atoms with E-state index in [0.29, 0.717) is 12.0 Å². The van der Waals surface area contributed by atoms with Crippen molar-refractivity contribution in [1.82, 2.24) is 14.5 Å². The van der Waals surface area contributed by atoms with E-state index < -0.39 is 0 Å². The van der Waals surface area contributed by atoms with Gasteiger partial charge >= 0.3 is 0 Å². The first-order valence-corrected chi connectivity index (χ1v) is 5.51. The highest BCUT2D eigenvalue weighted by molar-refractivity contribution is 5.61. The number of hydrogen-bond donors (Lipinski definition) is 1. The summed E-state index contributed by atoms with van der Waals surface area (Å²) in [5, 5.41) is 3.52. The third kappa shape index (κ3) is 1.23. The van der Waals surface area contributed by atoms with E-state index in [0.717, 1.165) is 11.5 Å². The molecule has 0 saturated carbocycles. The molecule has 0 spiro atoms. The average molecular weight is 214 g/mol. The van der Waals surface area contributed by atoms with Crippen molar-refractivity contribution in [3.05, 3.63) is 36.5 Å². The second kappa shape index (κ2) is 3.33. The number of nitrogens with zero attached hydrogens (tertiary/aromatic N) is 3. The summed E-state index contributed by atoms with van der Waals surface area (Å²) in [5.74, 6) is 1.45. The van der Waals surface area contributed by atoms with Crippen LogP contribution in [0.4, 0.5) is 5.69 Å². The highest BCUT2D eigenvalue weighted by Gasteiger charge is 2.26. The van der Waals surface area contributed by atoms with E-state index in [-0.39, 0.29) is 0 Å². The Labute approximate surface area is 94.4 Å². The fourth-order valence-corrected chi connectivity index (χ4v) is 2.16. The van der Waals surface area contributed by atoms with Gasteiger partial charge in [0.1, 0.15) is 6.33 Å². The lowest BCUT2D eigenvalue weighted by atomic mass is 9.99. The Kier molecular flexibility index (Phi) is 1.96. The number of pyridine rings is 1. The van der Waals surface area contributed by atoms with Crippen LogP contribution in [0.2, 0.25) is 0 Å². The van der Waals surface area contributed by atoms with E-state index in [2.05, 4.69) is 39.8 Å². The Morgan fingerprint density at radius 3 is 3.12 bits per heavy atom. The van der Waals surface area contributed by atoms with Crippen LogP contribution >= 0.6 is 0 Å². The van der Waals surface area contributed by atoms with Crippen molar-refractivity contribution in [3.8, 4) is 5.82 Å². The molecule has 3 heterocycles. The Balaban J connectivity index is 2.19. The molecule has 1 aliphatic heterocycles.